The molecule has 1 unspecified atom stereocenters. The van der Waals surface area contributed by atoms with Crippen LogP contribution < -0.4 is 19.3 Å². The van der Waals surface area contributed by atoms with Gasteiger partial charge >= 0.3 is 0 Å². The number of hydrogen-bond acceptors (Lipinski definition) is 6. The highest BCUT2D eigenvalue weighted by Crippen LogP contribution is 2.44. The molecule has 7 nitrogen and oxygen atoms in total. The molecular formula is C27H25FN2O5. The molecule has 4 rings (SSSR count). The van der Waals surface area contributed by atoms with Crippen molar-refractivity contribution < 1.29 is 28.6 Å². The van der Waals surface area contributed by atoms with E-state index in [2.05, 4.69) is 0 Å². The number of amides is 1. The summed E-state index contributed by atoms with van der Waals surface area (Å²) in [5, 5.41) is 11.1. The van der Waals surface area contributed by atoms with Crippen LogP contribution in [0.25, 0.3) is 5.76 Å². The predicted octanol–water partition coefficient (Wildman–Crippen LogP) is 4.54. The van der Waals surface area contributed by atoms with Gasteiger partial charge in [-0.25, -0.2) is 4.39 Å². The number of halogens is 1. The van der Waals surface area contributed by atoms with Crippen LogP contribution in [0.1, 0.15) is 17.2 Å². The summed E-state index contributed by atoms with van der Waals surface area (Å²) in [6.45, 7) is 0. The molecule has 0 spiro atoms. The predicted molar refractivity (Wildman–Crippen MR) is 131 cm³/mol. The van der Waals surface area contributed by atoms with E-state index in [0.29, 0.717) is 22.7 Å². The number of carbonyl (C=O) groups is 2. The van der Waals surface area contributed by atoms with E-state index >= 15 is 0 Å². The van der Waals surface area contributed by atoms with E-state index in [1.807, 2.05) is 31.1 Å². The fourth-order valence-corrected chi connectivity index (χ4v) is 4.11. The first-order valence-corrected chi connectivity index (χ1v) is 10.8. The van der Waals surface area contributed by atoms with Gasteiger partial charge in [0.15, 0.2) is 11.5 Å². The van der Waals surface area contributed by atoms with E-state index in [9.17, 15) is 19.1 Å². The van der Waals surface area contributed by atoms with Crippen molar-refractivity contribution in [1.82, 2.24) is 0 Å². The van der Waals surface area contributed by atoms with Gasteiger partial charge in [-0.3, -0.25) is 14.5 Å². The second kappa shape index (κ2) is 9.50. The van der Waals surface area contributed by atoms with Gasteiger partial charge in [-0.1, -0.05) is 6.07 Å². The maximum atomic E-state index is 13.5. The highest BCUT2D eigenvalue weighted by atomic mass is 19.1. The molecular weight excluding hydrogens is 451 g/mol. The first-order valence-electron chi connectivity index (χ1n) is 10.8. The van der Waals surface area contributed by atoms with Crippen LogP contribution in [0.2, 0.25) is 0 Å². The third-order valence-corrected chi connectivity index (χ3v) is 5.93. The van der Waals surface area contributed by atoms with Gasteiger partial charge in [-0.2, -0.15) is 0 Å². The third-order valence-electron chi connectivity index (χ3n) is 5.93. The molecule has 1 amide bonds. The molecule has 3 aromatic rings. The standard InChI is InChI=1S/C27H25FN2O5/c1-29(2)19-10-12-20(13-11-19)30-24(17-7-14-21(34-3)22(15-17)35-4)23(26(32)27(30)33)25(31)16-5-8-18(28)9-6-16/h5-15,24,31H,1-4H3/b25-23-. The maximum absolute atomic E-state index is 13.5. The Morgan fingerprint density at radius 1 is 0.914 bits per heavy atom. The van der Waals surface area contributed by atoms with Gasteiger partial charge in [-0.05, 0) is 66.2 Å². The molecule has 1 aliphatic rings. The minimum absolute atomic E-state index is 0.106. The van der Waals surface area contributed by atoms with E-state index < -0.39 is 29.3 Å². The molecule has 1 fully saturated rings. The number of nitrogens with zero attached hydrogens (tertiary/aromatic N) is 2. The van der Waals surface area contributed by atoms with Crippen LogP contribution in [0.5, 0.6) is 11.5 Å². The number of aliphatic hydroxyl groups is 1. The van der Waals surface area contributed by atoms with Crippen molar-refractivity contribution in [3.8, 4) is 11.5 Å². The van der Waals surface area contributed by atoms with Gasteiger partial charge in [0.2, 0.25) is 0 Å². The number of hydrogen-bond donors (Lipinski definition) is 1. The van der Waals surface area contributed by atoms with Crippen LogP contribution in [-0.4, -0.2) is 45.1 Å². The molecule has 1 aliphatic heterocycles. The second-order valence-corrected chi connectivity index (χ2v) is 8.20. The van der Waals surface area contributed by atoms with Gasteiger partial charge in [-0.15, -0.1) is 0 Å². The SMILES string of the molecule is COc1ccc(C2/C(=C(/O)c3ccc(F)cc3)C(=O)C(=O)N2c2ccc(N(C)C)cc2)cc1OC. The van der Waals surface area contributed by atoms with Crippen LogP contribution in [0.15, 0.2) is 72.3 Å². The van der Waals surface area contributed by atoms with E-state index in [1.165, 1.54) is 43.4 Å². The zero-order chi connectivity index (χ0) is 25.3. The van der Waals surface area contributed by atoms with E-state index in [0.717, 1.165) is 5.69 Å². The summed E-state index contributed by atoms with van der Waals surface area (Å²) in [6.07, 6.45) is 0. The van der Waals surface area contributed by atoms with E-state index in [-0.39, 0.29) is 11.1 Å². The average molecular weight is 477 g/mol. The van der Waals surface area contributed by atoms with Crippen molar-refractivity contribution >= 4 is 28.8 Å². The summed E-state index contributed by atoms with van der Waals surface area (Å²) in [6, 6.07) is 16.3. The highest BCUT2D eigenvalue weighted by Gasteiger charge is 2.47. The maximum Gasteiger partial charge on any atom is 0.300 e. The molecule has 0 radical (unpaired) electrons. The van der Waals surface area contributed by atoms with Crippen molar-refractivity contribution in [2.45, 2.75) is 6.04 Å². The van der Waals surface area contributed by atoms with Crippen molar-refractivity contribution in [3.05, 3.63) is 89.2 Å². The largest absolute Gasteiger partial charge is 0.507 e. The number of anilines is 2. The number of methoxy groups -OCH3 is 2. The third kappa shape index (κ3) is 4.30. The van der Waals surface area contributed by atoms with Crippen LogP contribution in [0.4, 0.5) is 15.8 Å². The Balaban J connectivity index is 1.93. The van der Waals surface area contributed by atoms with Gasteiger partial charge < -0.3 is 19.5 Å². The van der Waals surface area contributed by atoms with Crippen LogP contribution in [-0.2, 0) is 9.59 Å². The fourth-order valence-electron chi connectivity index (χ4n) is 4.11. The molecule has 180 valence electrons. The van der Waals surface area contributed by atoms with Crippen LogP contribution in [0.3, 0.4) is 0 Å². The fraction of sp³-hybridized carbons (Fsp3) is 0.185. The minimum Gasteiger partial charge on any atom is -0.507 e. The lowest BCUT2D eigenvalue weighted by Crippen LogP contribution is -2.29. The first-order chi connectivity index (χ1) is 16.8. The Kier molecular flexibility index (Phi) is 6.46. The lowest BCUT2D eigenvalue weighted by atomic mass is 9.94. The molecule has 0 aliphatic carbocycles. The number of rotatable bonds is 6. The molecule has 35 heavy (non-hydrogen) atoms. The molecule has 0 saturated carbocycles. The molecule has 1 heterocycles. The summed E-state index contributed by atoms with van der Waals surface area (Å²) in [7, 11) is 6.78. The van der Waals surface area contributed by atoms with Crippen molar-refractivity contribution in [3.63, 3.8) is 0 Å². The van der Waals surface area contributed by atoms with Gasteiger partial charge in [0.1, 0.15) is 11.6 Å². The second-order valence-electron chi connectivity index (χ2n) is 8.20. The molecule has 1 saturated heterocycles. The molecule has 8 heteroatoms. The highest BCUT2D eigenvalue weighted by molar-refractivity contribution is 6.51. The number of ketones is 1. The average Bonchev–Trinajstić information content (AvgIpc) is 3.13. The molecule has 3 aromatic carbocycles. The Hall–Kier alpha value is -4.33. The van der Waals surface area contributed by atoms with Gasteiger partial charge in [0.05, 0.1) is 25.8 Å². The summed E-state index contributed by atoms with van der Waals surface area (Å²) >= 11 is 0. The lowest BCUT2D eigenvalue weighted by molar-refractivity contribution is -0.132. The van der Waals surface area contributed by atoms with Crippen LogP contribution >= 0.6 is 0 Å². The first kappa shape index (κ1) is 23.8. The minimum atomic E-state index is -0.954. The monoisotopic (exact) mass is 476 g/mol. The zero-order valence-corrected chi connectivity index (χ0v) is 19.8. The molecule has 0 aromatic heterocycles. The van der Waals surface area contributed by atoms with Crippen molar-refractivity contribution in [2.24, 2.45) is 0 Å². The smallest absolute Gasteiger partial charge is 0.300 e. The van der Waals surface area contributed by atoms with Crippen LogP contribution in [0, 0.1) is 5.82 Å². The summed E-state index contributed by atoms with van der Waals surface area (Å²) in [5.41, 5.74) is 2.04. The quantitative estimate of drug-likeness (QED) is 0.320. The molecule has 0 bridgehead atoms. The van der Waals surface area contributed by atoms with Gasteiger partial charge in [0, 0.05) is 31.0 Å². The Bertz CT molecular complexity index is 1300. The summed E-state index contributed by atoms with van der Waals surface area (Å²) in [4.78, 5) is 29.8. The van der Waals surface area contributed by atoms with E-state index in [4.69, 9.17) is 9.47 Å². The van der Waals surface area contributed by atoms with Crippen molar-refractivity contribution in [2.75, 3.05) is 38.1 Å². The van der Waals surface area contributed by atoms with Crippen molar-refractivity contribution in [1.29, 1.82) is 0 Å². The number of ether oxygens (including phenoxy) is 2. The topological polar surface area (TPSA) is 79.3 Å². The summed E-state index contributed by atoms with van der Waals surface area (Å²) in [5.74, 6) is -1.63. The molecule has 1 atom stereocenters. The zero-order valence-electron chi connectivity index (χ0n) is 19.8. The Labute approximate surface area is 202 Å². The Morgan fingerprint density at radius 2 is 1.54 bits per heavy atom. The van der Waals surface area contributed by atoms with Gasteiger partial charge in [0.25, 0.3) is 11.7 Å². The number of Topliss-reactive ketones (excluding diaryl/α,β-unsaturated/α-hetero) is 1. The van der Waals surface area contributed by atoms with E-state index in [1.54, 1.807) is 30.3 Å². The lowest BCUT2D eigenvalue weighted by Gasteiger charge is -2.26. The summed E-state index contributed by atoms with van der Waals surface area (Å²) < 4.78 is 24.2. The number of benzene rings is 3. The molecule has 1 N–H and O–H groups in total. The number of carbonyl (C=O) groups excluding carboxylic acids is 2. The normalized spacial score (nSPS) is 16.9. The number of aliphatic hydroxyl groups excluding tert-OH is 1. The Morgan fingerprint density at radius 3 is 2.11 bits per heavy atom.